The molecule has 0 spiro atoms. The van der Waals surface area contributed by atoms with Crippen molar-refractivity contribution in [2.45, 2.75) is 19.9 Å². The highest BCUT2D eigenvalue weighted by Gasteiger charge is 2.22. The first kappa shape index (κ1) is 19.7. The molecule has 2 heterocycles. The normalized spacial score (nSPS) is 15.3. The summed E-state index contributed by atoms with van der Waals surface area (Å²) in [4.78, 5) is 17.4. The minimum Gasteiger partial charge on any atom is -0.337 e. The summed E-state index contributed by atoms with van der Waals surface area (Å²) in [5, 5.41) is 4.95. The molecule has 0 unspecified atom stereocenters. The van der Waals surface area contributed by atoms with Crippen LogP contribution in [-0.2, 0) is 6.54 Å². The van der Waals surface area contributed by atoms with Gasteiger partial charge in [-0.1, -0.05) is 48.0 Å². The van der Waals surface area contributed by atoms with Gasteiger partial charge in [0.15, 0.2) is 0 Å². The molecule has 1 aliphatic heterocycles. The van der Waals surface area contributed by atoms with Crippen LogP contribution in [0.15, 0.2) is 60.9 Å². The topological polar surface area (TPSA) is 41.4 Å². The lowest BCUT2D eigenvalue weighted by Crippen LogP contribution is -2.35. The maximum Gasteiger partial charge on any atom is 0.257 e. The summed E-state index contributed by atoms with van der Waals surface area (Å²) in [6.07, 6.45) is 4.36. The number of benzene rings is 2. The van der Waals surface area contributed by atoms with Gasteiger partial charge in [-0.05, 0) is 36.6 Å². The lowest BCUT2D eigenvalue weighted by molar-refractivity contribution is 0.0761. The van der Waals surface area contributed by atoms with Gasteiger partial charge in [-0.15, -0.1) is 0 Å². The molecule has 1 aromatic heterocycles. The van der Waals surface area contributed by atoms with Gasteiger partial charge >= 0.3 is 0 Å². The fraction of sp³-hybridized carbons (Fsp3) is 0.304. The van der Waals surface area contributed by atoms with Crippen molar-refractivity contribution in [2.75, 3.05) is 26.2 Å². The Hall–Kier alpha value is -2.63. The molecule has 2 aromatic carbocycles. The lowest BCUT2D eigenvalue weighted by Gasteiger charge is -2.22. The predicted octanol–water partition coefficient (Wildman–Crippen LogP) is 4.18. The van der Waals surface area contributed by atoms with E-state index in [2.05, 4.69) is 41.2 Å². The summed E-state index contributed by atoms with van der Waals surface area (Å²) < 4.78 is 1.66. The number of carbonyl (C=O) groups excluding carboxylic acids is 1. The van der Waals surface area contributed by atoms with E-state index in [-0.39, 0.29) is 5.91 Å². The van der Waals surface area contributed by atoms with Gasteiger partial charge in [0.1, 0.15) is 0 Å². The maximum atomic E-state index is 13.0. The Kier molecular flexibility index (Phi) is 5.97. The van der Waals surface area contributed by atoms with E-state index in [0.29, 0.717) is 10.6 Å². The minimum atomic E-state index is 0.0287. The zero-order valence-electron chi connectivity index (χ0n) is 16.6. The van der Waals surface area contributed by atoms with Gasteiger partial charge < -0.3 is 4.90 Å². The second-order valence-electron chi connectivity index (χ2n) is 7.47. The fourth-order valence-corrected chi connectivity index (χ4v) is 3.97. The zero-order chi connectivity index (χ0) is 20.2. The van der Waals surface area contributed by atoms with Crippen molar-refractivity contribution in [1.82, 2.24) is 19.6 Å². The van der Waals surface area contributed by atoms with Crippen molar-refractivity contribution < 1.29 is 4.79 Å². The minimum absolute atomic E-state index is 0.0287. The number of amides is 1. The van der Waals surface area contributed by atoms with Crippen LogP contribution in [0.5, 0.6) is 0 Å². The Bertz CT molecular complexity index is 1000. The average Bonchev–Trinajstić information content (AvgIpc) is 3.10. The van der Waals surface area contributed by atoms with Gasteiger partial charge in [-0.25, -0.2) is 4.68 Å². The van der Waals surface area contributed by atoms with Crippen LogP contribution in [0.1, 0.15) is 27.9 Å². The van der Waals surface area contributed by atoms with E-state index in [1.165, 1.54) is 11.1 Å². The van der Waals surface area contributed by atoms with E-state index in [0.717, 1.165) is 44.8 Å². The van der Waals surface area contributed by atoms with Crippen LogP contribution in [0.25, 0.3) is 5.69 Å². The summed E-state index contributed by atoms with van der Waals surface area (Å²) in [5.74, 6) is 0.0287. The molecule has 3 aromatic rings. The summed E-state index contributed by atoms with van der Waals surface area (Å²) >= 11 is 6.25. The second kappa shape index (κ2) is 8.80. The summed E-state index contributed by atoms with van der Waals surface area (Å²) in [6.45, 7) is 6.44. The van der Waals surface area contributed by atoms with E-state index in [4.69, 9.17) is 11.6 Å². The van der Waals surface area contributed by atoms with Crippen LogP contribution >= 0.6 is 11.6 Å². The third-order valence-electron chi connectivity index (χ3n) is 5.46. The van der Waals surface area contributed by atoms with Gasteiger partial charge in [0.2, 0.25) is 0 Å². The quantitative estimate of drug-likeness (QED) is 0.650. The molecule has 1 fully saturated rings. The Morgan fingerprint density at radius 1 is 1.03 bits per heavy atom. The van der Waals surface area contributed by atoms with Crippen molar-refractivity contribution >= 4 is 17.5 Å². The summed E-state index contributed by atoms with van der Waals surface area (Å²) in [6, 6.07) is 16.0. The number of hydrogen-bond donors (Lipinski definition) is 0. The number of rotatable bonds is 4. The molecule has 0 bridgehead atoms. The Morgan fingerprint density at radius 2 is 1.83 bits per heavy atom. The molecule has 0 radical (unpaired) electrons. The smallest absolute Gasteiger partial charge is 0.257 e. The van der Waals surface area contributed by atoms with E-state index in [9.17, 15) is 4.79 Å². The number of para-hydroxylation sites is 1. The number of hydrogen-bond acceptors (Lipinski definition) is 3. The number of aryl methyl sites for hydroxylation is 1. The molecule has 29 heavy (non-hydrogen) atoms. The fourth-order valence-electron chi connectivity index (χ4n) is 3.75. The molecule has 4 rings (SSSR count). The molecule has 0 aliphatic carbocycles. The molecule has 0 N–H and O–H groups in total. The van der Waals surface area contributed by atoms with Crippen LogP contribution in [0.3, 0.4) is 0 Å². The first-order valence-corrected chi connectivity index (χ1v) is 10.4. The number of aromatic nitrogens is 2. The maximum absolute atomic E-state index is 13.0. The van der Waals surface area contributed by atoms with Crippen LogP contribution in [0.2, 0.25) is 5.02 Å². The third kappa shape index (κ3) is 4.52. The van der Waals surface area contributed by atoms with Crippen LogP contribution < -0.4 is 0 Å². The average molecular weight is 409 g/mol. The van der Waals surface area contributed by atoms with Crippen molar-refractivity contribution in [3.63, 3.8) is 0 Å². The van der Waals surface area contributed by atoms with Crippen LogP contribution in [0.4, 0.5) is 0 Å². The molecule has 150 valence electrons. The zero-order valence-corrected chi connectivity index (χ0v) is 17.3. The first-order chi connectivity index (χ1) is 14.1. The lowest BCUT2D eigenvalue weighted by atomic mass is 10.1. The van der Waals surface area contributed by atoms with Gasteiger partial charge in [0, 0.05) is 38.9 Å². The van der Waals surface area contributed by atoms with Gasteiger partial charge in [0.05, 0.1) is 22.5 Å². The molecular formula is C23H25ClN4O. The number of halogens is 1. The van der Waals surface area contributed by atoms with Gasteiger partial charge in [0.25, 0.3) is 5.91 Å². The molecule has 1 aliphatic rings. The molecule has 6 heteroatoms. The van der Waals surface area contributed by atoms with Gasteiger partial charge in [-0.2, -0.15) is 5.10 Å². The Balaban J connectivity index is 1.41. The van der Waals surface area contributed by atoms with Crippen molar-refractivity contribution in [3.8, 4) is 5.69 Å². The summed E-state index contributed by atoms with van der Waals surface area (Å²) in [7, 11) is 0. The number of nitrogens with zero attached hydrogens (tertiary/aromatic N) is 4. The molecule has 5 nitrogen and oxygen atoms in total. The molecular weight excluding hydrogens is 384 g/mol. The SMILES string of the molecule is Cc1ccccc1CN1CCCN(C(=O)c2cnn(-c3ccccc3Cl)c2)CC1. The van der Waals surface area contributed by atoms with Crippen LogP contribution in [0, 0.1) is 6.92 Å². The van der Waals surface area contributed by atoms with E-state index >= 15 is 0 Å². The molecule has 0 atom stereocenters. The Labute approximate surface area is 176 Å². The third-order valence-corrected chi connectivity index (χ3v) is 5.78. The molecule has 1 amide bonds. The van der Waals surface area contributed by atoms with E-state index < -0.39 is 0 Å². The van der Waals surface area contributed by atoms with Crippen LogP contribution in [-0.4, -0.2) is 51.7 Å². The molecule has 0 saturated carbocycles. The number of carbonyl (C=O) groups is 1. The largest absolute Gasteiger partial charge is 0.337 e. The summed E-state index contributed by atoms with van der Waals surface area (Å²) in [5.41, 5.74) is 4.04. The van der Waals surface area contributed by atoms with Gasteiger partial charge in [-0.3, -0.25) is 9.69 Å². The van der Waals surface area contributed by atoms with Crippen molar-refractivity contribution in [3.05, 3.63) is 82.6 Å². The predicted molar refractivity (Wildman–Crippen MR) is 116 cm³/mol. The Morgan fingerprint density at radius 3 is 2.66 bits per heavy atom. The highest BCUT2D eigenvalue weighted by atomic mass is 35.5. The standard InChI is InChI=1S/C23H25ClN4O/c1-18-7-2-3-8-19(18)16-26-11-6-12-27(14-13-26)23(29)20-15-25-28(17-20)22-10-5-4-9-21(22)24/h2-5,7-10,15,17H,6,11-14,16H2,1H3. The van der Waals surface area contributed by atoms with E-state index in [1.807, 2.05) is 29.2 Å². The van der Waals surface area contributed by atoms with Crippen molar-refractivity contribution in [2.24, 2.45) is 0 Å². The highest BCUT2D eigenvalue weighted by Crippen LogP contribution is 2.20. The van der Waals surface area contributed by atoms with E-state index in [1.54, 1.807) is 17.1 Å². The molecule has 1 saturated heterocycles. The first-order valence-electron chi connectivity index (χ1n) is 9.97. The second-order valence-corrected chi connectivity index (χ2v) is 7.88. The highest BCUT2D eigenvalue weighted by molar-refractivity contribution is 6.32. The van der Waals surface area contributed by atoms with Crippen molar-refractivity contribution in [1.29, 1.82) is 0 Å². The monoisotopic (exact) mass is 408 g/mol.